The molecule has 1 aliphatic carbocycles. The SMILES string of the molecule is N#Cc1ccc(Nc2cc(=NC3CC3)n3nc/c(=C/c4[nH]c(=O)[nH]c4O)c3n2)cc1. The van der Waals surface area contributed by atoms with Crippen LogP contribution in [0.3, 0.4) is 0 Å². The lowest BCUT2D eigenvalue weighted by atomic mass is 10.2. The highest BCUT2D eigenvalue weighted by molar-refractivity contribution is 5.61. The van der Waals surface area contributed by atoms with E-state index in [0.717, 1.165) is 18.5 Å². The molecule has 10 nitrogen and oxygen atoms in total. The van der Waals surface area contributed by atoms with E-state index in [-0.39, 0.29) is 17.6 Å². The number of aromatic nitrogens is 5. The predicted molar refractivity (Wildman–Crippen MR) is 108 cm³/mol. The zero-order valence-corrected chi connectivity index (χ0v) is 15.6. The fourth-order valence-corrected chi connectivity index (χ4v) is 3.04. The maximum Gasteiger partial charge on any atom is 0.326 e. The highest BCUT2D eigenvalue weighted by Gasteiger charge is 2.20. The van der Waals surface area contributed by atoms with Gasteiger partial charge in [-0.15, -0.1) is 0 Å². The first-order chi connectivity index (χ1) is 14.6. The standard InChI is InChI=1S/C20H16N8O2/c21-9-11-1-3-13(4-2-11)23-16-8-17(24-14-5-6-14)28-18(26-16)12(10-22-28)7-15-19(29)27-20(30)25-15/h1-4,7-8,10,14,23,29H,5-6H2,(H2,25,27,30)/b12-7-,24-17?. The normalized spacial score (nSPS) is 14.9. The molecule has 3 aromatic heterocycles. The molecule has 0 radical (unpaired) electrons. The van der Waals surface area contributed by atoms with Crippen LogP contribution in [0.4, 0.5) is 11.5 Å². The van der Waals surface area contributed by atoms with Gasteiger partial charge in [0.1, 0.15) is 11.5 Å². The first-order valence-corrected chi connectivity index (χ1v) is 9.32. The lowest BCUT2D eigenvalue weighted by Gasteiger charge is -2.06. The molecular formula is C20H16N8O2. The largest absolute Gasteiger partial charge is 0.493 e. The Morgan fingerprint density at radius 2 is 2.10 bits per heavy atom. The van der Waals surface area contributed by atoms with E-state index in [1.807, 2.05) is 6.07 Å². The van der Waals surface area contributed by atoms with Crippen molar-refractivity contribution in [1.82, 2.24) is 24.6 Å². The van der Waals surface area contributed by atoms with Gasteiger partial charge in [-0.25, -0.2) is 9.78 Å². The zero-order chi connectivity index (χ0) is 20.7. The van der Waals surface area contributed by atoms with Crippen molar-refractivity contribution < 1.29 is 5.11 Å². The lowest BCUT2D eigenvalue weighted by molar-refractivity contribution is 0.454. The quantitative estimate of drug-likeness (QED) is 0.396. The van der Waals surface area contributed by atoms with E-state index in [4.69, 9.17) is 10.3 Å². The van der Waals surface area contributed by atoms with Gasteiger partial charge in [-0.1, -0.05) is 0 Å². The van der Waals surface area contributed by atoms with Gasteiger partial charge in [-0.3, -0.25) is 9.98 Å². The van der Waals surface area contributed by atoms with Crippen LogP contribution < -0.4 is 21.7 Å². The Morgan fingerprint density at radius 3 is 2.77 bits per heavy atom. The maximum absolute atomic E-state index is 11.4. The molecule has 0 bridgehead atoms. The fraction of sp³-hybridized carbons (Fsp3) is 0.150. The number of fused-ring (bicyclic) bond motifs is 1. The number of hydrogen-bond acceptors (Lipinski definition) is 7. The van der Waals surface area contributed by atoms with E-state index in [9.17, 15) is 9.90 Å². The van der Waals surface area contributed by atoms with Crippen LogP contribution >= 0.6 is 0 Å². The number of aromatic hydroxyl groups is 1. The van der Waals surface area contributed by atoms with E-state index in [0.29, 0.717) is 27.7 Å². The molecule has 0 aliphatic heterocycles. The molecule has 3 heterocycles. The van der Waals surface area contributed by atoms with Gasteiger partial charge >= 0.3 is 5.69 Å². The van der Waals surface area contributed by atoms with E-state index < -0.39 is 5.69 Å². The van der Waals surface area contributed by atoms with Crippen molar-refractivity contribution in [3.63, 3.8) is 0 Å². The van der Waals surface area contributed by atoms with E-state index >= 15 is 0 Å². The van der Waals surface area contributed by atoms with Crippen LogP contribution in [-0.4, -0.2) is 35.7 Å². The van der Waals surface area contributed by atoms with Crippen LogP contribution in [0, 0.1) is 11.3 Å². The van der Waals surface area contributed by atoms with Crippen LogP contribution in [0.15, 0.2) is 46.3 Å². The summed E-state index contributed by atoms with van der Waals surface area (Å²) in [6.07, 6.45) is 5.28. The number of aromatic amines is 2. The molecule has 4 N–H and O–H groups in total. The molecule has 0 saturated heterocycles. The summed E-state index contributed by atoms with van der Waals surface area (Å²) in [7, 11) is 0. The molecule has 5 rings (SSSR count). The highest BCUT2D eigenvalue weighted by Crippen LogP contribution is 2.22. The molecule has 30 heavy (non-hydrogen) atoms. The number of rotatable bonds is 4. The summed E-state index contributed by atoms with van der Waals surface area (Å²) in [5.74, 6) is 0.308. The fourth-order valence-electron chi connectivity index (χ4n) is 3.04. The smallest absolute Gasteiger partial charge is 0.326 e. The summed E-state index contributed by atoms with van der Waals surface area (Å²) in [5.41, 5.74) is 2.26. The van der Waals surface area contributed by atoms with Crippen molar-refractivity contribution in [2.45, 2.75) is 18.9 Å². The number of nitriles is 1. The molecule has 0 atom stereocenters. The van der Waals surface area contributed by atoms with Crippen molar-refractivity contribution in [2.75, 3.05) is 5.32 Å². The molecule has 1 aromatic carbocycles. The van der Waals surface area contributed by atoms with Crippen LogP contribution in [-0.2, 0) is 0 Å². The molecule has 1 aliphatic rings. The number of hydrogen-bond donors (Lipinski definition) is 4. The minimum Gasteiger partial charge on any atom is -0.493 e. The molecule has 10 heteroatoms. The first kappa shape index (κ1) is 17.7. The van der Waals surface area contributed by atoms with Crippen molar-refractivity contribution in [2.24, 2.45) is 4.99 Å². The van der Waals surface area contributed by atoms with Crippen molar-refractivity contribution in [1.29, 1.82) is 5.26 Å². The maximum atomic E-state index is 11.4. The number of benzene rings is 1. The summed E-state index contributed by atoms with van der Waals surface area (Å²) in [5, 5.41) is 27.0. The summed E-state index contributed by atoms with van der Waals surface area (Å²) in [4.78, 5) is 25.6. The molecular weight excluding hydrogens is 384 g/mol. The van der Waals surface area contributed by atoms with E-state index in [1.165, 1.54) is 0 Å². The molecule has 0 unspecified atom stereocenters. The Bertz CT molecular complexity index is 1470. The van der Waals surface area contributed by atoms with Gasteiger partial charge in [0.15, 0.2) is 11.1 Å². The second kappa shape index (κ2) is 6.89. The van der Waals surface area contributed by atoms with Gasteiger partial charge in [0, 0.05) is 17.0 Å². The van der Waals surface area contributed by atoms with Gasteiger partial charge in [0.25, 0.3) is 0 Å². The Balaban J connectivity index is 1.65. The molecule has 0 amide bonds. The molecule has 1 fully saturated rings. The van der Waals surface area contributed by atoms with Crippen LogP contribution in [0.2, 0.25) is 0 Å². The number of H-pyrrole nitrogens is 2. The molecule has 0 spiro atoms. The van der Waals surface area contributed by atoms with Gasteiger partial charge in [0.05, 0.1) is 23.9 Å². The minimum atomic E-state index is -0.504. The monoisotopic (exact) mass is 400 g/mol. The predicted octanol–water partition coefficient (Wildman–Crippen LogP) is 0.677. The molecule has 1 saturated carbocycles. The number of anilines is 2. The Labute approximate surface area is 168 Å². The Hall–Kier alpha value is -4.39. The summed E-state index contributed by atoms with van der Waals surface area (Å²) >= 11 is 0. The first-order valence-electron chi connectivity index (χ1n) is 9.32. The van der Waals surface area contributed by atoms with E-state index in [2.05, 4.69) is 31.4 Å². The second-order valence-electron chi connectivity index (χ2n) is 7.00. The van der Waals surface area contributed by atoms with Crippen molar-refractivity contribution >= 4 is 23.2 Å². The number of nitrogens with one attached hydrogen (secondary N) is 3. The summed E-state index contributed by atoms with van der Waals surface area (Å²) in [6.45, 7) is 0. The summed E-state index contributed by atoms with van der Waals surface area (Å²) in [6, 6.07) is 11.2. The molecule has 148 valence electrons. The third-order valence-electron chi connectivity index (χ3n) is 4.66. The third kappa shape index (κ3) is 3.40. The van der Waals surface area contributed by atoms with Gasteiger partial charge < -0.3 is 15.4 Å². The van der Waals surface area contributed by atoms with Crippen LogP contribution in [0.1, 0.15) is 24.1 Å². The average molecular weight is 400 g/mol. The van der Waals surface area contributed by atoms with Crippen molar-refractivity contribution in [3.05, 3.63) is 69.0 Å². The van der Waals surface area contributed by atoms with Crippen LogP contribution in [0.5, 0.6) is 5.88 Å². The Kier molecular flexibility index (Phi) is 4.07. The average Bonchev–Trinajstić information content (AvgIpc) is 3.37. The minimum absolute atomic E-state index is 0.239. The van der Waals surface area contributed by atoms with Gasteiger partial charge in [-0.05, 0) is 43.2 Å². The number of imidazole rings is 1. The topological polar surface area (TPSA) is 147 Å². The van der Waals surface area contributed by atoms with E-state index in [1.54, 1.807) is 41.1 Å². The zero-order valence-electron chi connectivity index (χ0n) is 15.6. The van der Waals surface area contributed by atoms with Gasteiger partial charge in [0.2, 0.25) is 5.88 Å². The second-order valence-corrected chi connectivity index (χ2v) is 7.00. The van der Waals surface area contributed by atoms with Gasteiger partial charge in [-0.2, -0.15) is 14.9 Å². The van der Waals surface area contributed by atoms with Crippen molar-refractivity contribution in [3.8, 4) is 11.9 Å². The third-order valence-corrected chi connectivity index (χ3v) is 4.66. The molecule has 4 aromatic rings. The van der Waals surface area contributed by atoms with Crippen LogP contribution in [0.25, 0.3) is 11.7 Å². The highest BCUT2D eigenvalue weighted by atomic mass is 16.3. The Morgan fingerprint density at radius 1 is 1.30 bits per heavy atom. The number of nitrogens with zero attached hydrogens (tertiary/aromatic N) is 5. The lowest BCUT2D eigenvalue weighted by Crippen LogP contribution is -2.19. The summed E-state index contributed by atoms with van der Waals surface area (Å²) < 4.78 is 1.63.